The molecule has 0 fully saturated rings. The van der Waals surface area contributed by atoms with Crippen LogP contribution in [0.15, 0.2) is 48.7 Å². The summed E-state index contributed by atoms with van der Waals surface area (Å²) in [5, 5.41) is 5.77. The van der Waals surface area contributed by atoms with Crippen LogP contribution in [0, 0.1) is 0 Å². The lowest BCUT2D eigenvalue weighted by molar-refractivity contribution is -0.145. The van der Waals surface area contributed by atoms with Gasteiger partial charge in [-0.05, 0) is 30.2 Å². The summed E-state index contributed by atoms with van der Waals surface area (Å²) in [6.07, 6.45) is -3.66. The van der Waals surface area contributed by atoms with Crippen molar-refractivity contribution in [3.63, 3.8) is 0 Å². The highest BCUT2D eigenvalue weighted by atomic mass is 19.4. The molecule has 0 atom stereocenters. The van der Waals surface area contributed by atoms with Crippen molar-refractivity contribution < 1.29 is 18.0 Å². The van der Waals surface area contributed by atoms with E-state index in [4.69, 9.17) is 0 Å². The van der Waals surface area contributed by atoms with E-state index in [1.54, 1.807) is 13.8 Å². The third-order valence-electron chi connectivity index (χ3n) is 4.42. The van der Waals surface area contributed by atoms with Gasteiger partial charge in [-0.15, -0.1) is 0 Å². The Labute approximate surface area is 155 Å². The Morgan fingerprint density at radius 2 is 1.81 bits per heavy atom. The third-order valence-corrected chi connectivity index (χ3v) is 4.42. The predicted octanol–water partition coefficient (Wildman–Crippen LogP) is 4.91. The van der Waals surface area contributed by atoms with Crippen LogP contribution < -0.4 is 0 Å². The fraction of sp³-hybridized carbons (Fsp3) is 0.300. The molecule has 0 aliphatic heterocycles. The Kier molecular flexibility index (Phi) is 4.95. The Hall–Kier alpha value is -2.83. The van der Waals surface area contributed by atoms with Crippen LogP contribution in [0.4, 0.5) is 13.2 Å². The van der Waals surface area contributed by atoms with Crippen LogP contribution in [0.2, 0.25) is 0 Å². The van der Waals surface area contributed by atoms with Crippen molar-refractivity contribution in [2.24, 2.45) is 0 Å². The van der Waals surface area contributed by atoms with Crippen LogP contribution in [0.5, 0.6) is 0 Å². The normalized spacial score (nSPS) is 12.0. The van der Waals surface area contributed by atoms with Crippen molar-refractivity contribution >= 4 is 16.7 Å². The summed E-state index contributed by atoms with van der Waals surface area (Å²) in [6.45, 7) is 3.39. The number of alkyl halides is 3. The van der Waals surface area contributed by atoms with Crippen LogP contribution in [0.1, 0.15) is 41.5 Å². The molecule has 3 rings (SSSR count). The molecule has 0 aliphatic rings. The zero-order valence-corrected chi connectivity index (χ0v) is 15.3. The first-order valence-electron chi connectivity index (χ1n) is 8.57. The second-order valence-corrected chi connectivity index (χ2v) is 6.74. The van der Waals surface area contributed by atoms with E-state index in [0.717, 1.165) is 27.2 Å². The molecule has 0 saturated carbocycles. The van der Waals surface area contributed by atoms with E-state index in [1.165, 1.54) is 11.9 Å². The van der Waals surface area contributed by atoms with Crippen molar-refractivity contribution in [3.05, 3.63) is 65.5 Å². The molecule has 0 unspecified atom stereocenters. The van der Waals surface area contributed by atoms with Gasteiger partial charge in [0.05, 0.1) is 11.8 Å². The monoisotopic (exact) mass is 375 g/mol. The number of hydrogen-bond donors (Lipinski definition) is 0. The zero-order valence-electron chi connectivity index (χ0n) is 15.3. The molecule has 2 aromatic carbocycles. The minimum atomic E-state index is -4.66. The van der Waals surface area contributed by atoms with E-state index in [0.29, 0.717) is 0 Å². The molecule has 1 amide bonds. The van der Waals surface area contributed by atoms with Crippen molar-refractivity contribution in [2.45, 2.75) is 32.6 Å². The van der Waals surface area contributed by atoms with Crippen molar-refractivity contribution in [3.8, 4) is 0 Å². The van der Waals surface area contributed by atoms with Crippen LogP contribution in [0.25, 0.3) is 10.8 Å². The summed E-state index contributed by atoms with van der Waals surface area (Å²) in [5.74, 6) is -0.706. The van der Waals surface area contributed by atoms with Gasteiger partial charge in [0.2, 0.25) is 0 Å². The molecule has 142 valence electrons. The topological polar surface area (TPSA) is 38.1 Å². The molecule has 0 bridgehead atoms. The molecule has 0 aliphatic carbocycles. The molecule has 1 aromatic heterocycles. The first-order chi connectivity index (χ1) is 12.7. The maximum atomic E-state index is 13.5. The van der Waals surface area contributed by atoms with Crippen LogP contribution in [0.3, 0.4) is 0 Å². The number of fused-ring (bicyclic) bond motifs is 1. The largest absolute Gasteiger partial charge is 0.433 e. The third kappa shape index (κ3) is 3.67. The maximum absolute atomic E-state index is 13.5. The summed E-state index contributed by atoms with van der Waals surface area (Å²) in [7, 11) is 1.50. The number of nitrogens with zero attached hydrogens (tertiary/aromatic N) is 3. The van der Waals surface area contributed by atoms with Crippen molar-refractivity contribution in [2.75, 3.05) is 7.05 Å². The molecule has 27 heavy (non-hydrogen) atoms. The Morgan fingerprint density at radius 3 is 2.48 bits per heavy atom. The summed E-state index contributed by atoms with van der Waals surface area (Å²) in [6, 6.07) is 12.9. The molecule has 0 spiro atoms. The van der Waals surface area contributed by atoms with Gasteiger partial charge < -0.3 is 4.90 Å². The molecule has 7 heteroatoms. The summed E-state index contributed by atoms with van der Waals surface area (Å²) < 4.78 is 41.4. The Balaban J connectivity index is 1.94. The SMILES string of the molecule is CC(C)n1ncc(C(=O)N(C)Cc2cccc3ccccc23)c1C(F)(F)F. The number of halogens is 3. The Bertz CT molecular complexity index is 971. The first-order valence-corrected chi connectivity index (χ1v) is 8.57. The van der Waals surface area contributed by atoms with E-state index in [2.05, 4.69) is 5.10 Å². The standard InChI is InChI=1S/C20H20F3N3O/c1-13(2)26-18(20(21,22)23)17(11-24-26)19(27)25(3)12-15-9-6-8-14-7-4-5-10-16(14)15/h4-11,13H,12H2,1-3H3. The number of aromatic nitrogens is 2. The number of carbonyl (C=O) groups excluding carboxylic acids is 1. The highest BCUT2D eigenvalue weighted by Crippen LogP contribution is 2.34. The van der Waals surface area contributed by atoms with Gasteiger partial charge in [-0.25, -0.2) is 0 Å². The fourth-order valence-corrected chi connectivity index (χ4v) is 3.16. The van der Waals surface area contributed by atoms with Crippen molar-refractivity contribution in [1.29, 1.82) is 0 Å². The lowest BCUT2D eigenvalue weighted by Crippen LogP contribution is -2.29. The minimum absolute atomic E-state index is 0.199. The summed E-state index contributed by atoms with van der Waals surface area (Å²) >= 11 is 0. The molecule has 0 N–H and O–H groups in total. The van der Waals surface area contributed by atoms with Crippen LogP contribution in [-0.2, 0) is 12.7 Å². The fourth-order valence-electron chi connectivity index (χ4n) is 3.16. The summed E-state index contributed by atoms with van der Waals surface area (Å²) in [4.78, 5) is 14.1. The van der Waals surface area contributed by atoms with Gasteiger partial charge in [0.15, 0.2) is 5.69 Å². The lowest BCUT2D eigenvalue weighted by Gasteiger charge is -2.20. The van der Waals surface area contributed by atoms with Gasteiger partial charge >= 0.3 is 6.18 Å². The lowest BCUT2D eigenvalue weighted by atomic mass is 10.0. The Morgan fingerprint density at radius 1 is 1.15 bits per heavy atom. The second-order valence-electron chi connectivity index (χ2n) is 6.74. The van der Waals surface area contributed by atoms with E-state index in [-0.39, 0.29) is 6.54 Å². The van der Waals surface area contributed by atoms with Gasteiger partial charge in [-0.3, -0.25) is 9.48 Å². The number of carbonyl (C=O) groups is 1. The van der Waals surface area contributed by atoms with E-state index in [9.17, 15) is 18.0 Å². The summed E-state index contributed by atoms with van der Waals surface area (Å²) in [5.41, 5.74) is -0.569. The smallest absolute Gasteiger partial charge is 0.337 e. The predicted molar refractivity (Wildman–Crippen MR) is 97.4 cm³/mol. The van der Waals surface area contributed by atoms with Crippen molar-refractivity contribution in [1.82, 2.24) is 14.7 Å². The van der Waals surface area contributed by atoms with Gasteiger partial charge in [0.25, 0.3) is 5.91 Å². The zero-order chi connectivity index (χ0) is 19.8. The number of rotatable bonds is 4. The second kappa shape index (κ2) is 7.06. The van der Waals surface area contributed by atoms with E-state index in [1.807, 2.05) is 42.5 Å². The number of benzene rings is 2. The average Bonchev–Trinajstić information content (AvgIpc) is 3.07. The molecule has 3 aromatic rings. The van der Waals surface area contributed by atoms with Gasteiger partial charge in [0, 0.05) is 19.6 Å². The quantitative estimate of drug-likeness (QED) is 0.650. The molecule has 0 saturated heterocycles. The number of amides is 1. The highest BCUT2D eigenvalue weighted by Gasteiger charge is 2.41. The molecular weight excluding hydrogens is 355 g/mol. The minimum Gasteiger partial charge on any atom is -0.337 e. The molecule has 0 radical (unpaired) electrons. The van der Waals surface area contributed by atoms with E-state index < -0.39 is 29.4 Å². The van der Waals surface area contributed by atoms with Crippen LogP contribution >= 0.6 is 0 Å². The number of hydrogen-bond acceptors (Lipinski definition) is 2. The molecule has 4 nitrogen and oxygen atoms in total. The maximum Gasteiger partial charge on any atom is 0.433 e. The van der Waals surface area contributed by atoms with E-state index >= 15 is 0 Å². The van der Waals surface area contributed by atoms with Crippen LogP contribution in [-0.4, -0.2) is 27.6 Å². The van der Waals surface area contributed by atoms with Gasteiger partial charge in [-0.2, -0.15) is 18.3 Å². The van der Waals surface area contributed by atoms with Gasteiger partial charge in [-0.1, -0.05) is 42.5 Å². The average molecular weight is 375 g/mol. The highest BCUT2D eigenvalue weighted by molar-refractivity contribution is 5.95. The van der Waals surface area contributed by atoms with Gasteiger partial charge in [0.1, 0.15) is 0 Å². The first kappa shape index (κ1) is 18.9. The molecular formula is C20H20F3N3O. The molecule has 1 heterocycles.